The van der Waals surface area contributed by atoms with Gasteiger partial charge in [-0.2, -0.15) is 0 Å². The van der Waals surface area contributed by atoms with Crippen molar-refractivity contribution in [3.8, 4) is 30.4 Å². The van der Waals surface area contributed by atoms with Crippen molar-refractivity contribution in [1.82, 2.24) is 0 Å². The fourth-order valence-electron chi connectivity index (χ4n) is 1.31. The van der Waals surface area contributed by atoms with Gasteiger partial charge < -0.3 is 14.6 Å². The largest absolute Gasteiger partial charge is 0.508 e. The van der Waals surface area contributed by atoms with Crippen LogP contribution in [0.3, 0.4) is 0 Å². The Balaban J connectivity index is 3.03. The summed E-state index contributed by atoms with van der Waals surface area (Å²) in [6.07, 6.45) is 11.2. The molecule has 0 spiro atoms. The van der Waals surface area contributed by atoms with E-state index in [1.54, 1.807) is 0 Å². The lowest BCUT2D eigenvalue weighted by Gasteiger charge is -2.06. The van der Waals surface area contributed by atoms with Crippen molar-refractivity contribution in [3.63, 3.8) is 0 Å². The van der Waals surface area contributed by atoms with Gasteiger partial charge in [0.15, 0.2) is 13.2 Å². The first-order valence-electron chi connectivity index (χ1n) is 5.80. The predicted octanol–water partition coefficient (Wildman–Crippen LogP) is 1.13. The Kier molecular flexibility index (Phi) is 6.11. The Hall–Kier alpha value is -3.18. The van der Waals surface area contributed by atoms with Crippen LogP contribution in [0.2, 0.25) is 0 Å². The minimum Gasteiger partial charge on any atom is -0.508 e. The molecule has 0 bridgehead atoms. The van der Waals surface area contributed by atoms with Gasteiger partial charge in [0.05, 0.1) is 0 Å². The summed E-state index contributed by atoms with van der Waals surface area (Å²) in [5.41, 5.74) is 0.157. The standard InChI is InChI=1S/C16H12O5/c1-3-9-20-15(18)14(16(19)21-10-4-2)11-12-5-7-13(17)8-6-12/h1-2,5-8,11,17H,9-10H2. The lowest BCUT2D eigenvalue weighted by Crippen LogP contribution is -2.18. The summed E-state index contributed by atoms with van der Waals surface area (Å²) in [6.45, 7) is -0.539. The quantitative estimate of drug-likeness (QED) is 0.288. The molecule has 5 nitrogen and oxygen atoms in total. The molecule has 0 amide bonds. The summed E-state index contributed by atoms with van der Waals surface area (Å²) in [6, 6.07) is 5.84. The summed E-state index contributed by atoms with van der Waals surface area (Å²) in [5.74, 6) is 2.46. The van der Waals surface area contributed by atoms with Crippen molar-refractivity contribution in [2.45, 2.75) is 0 Å². The molecule has 0 radical (unpaired) electrons. The average molecular weight is 284 g/mol. The SMILES string of the molecule is C#CCOC(=O)C(=Cc1ccc(O)cc1)C(=O)OCC#C. The van der Waals surface area contributed by atoms with Gasteiger partial charge >= 0.3 is 11.9 Å². The molecular weight excluding hydrogens is 272 g/mol. The number of carbonyl (C=O) groups excluding carboxylic acids is 2. The molecule has 0 unspecified atom stereocenters. The van der Waals surface area contributed by atoms with E-state index in [2.05, 4.69) is 11.8 Å². The Morgan fingerprint density at radius 1 is 1.05 bits per heavy atom. The third-order valence-electron chi connectivity index (χ3n) is 2.22. The molecule has 0 fully saturated rings. The number of esters is 2. The normalized spacial score (nSPS) is 8.86. The number of terminal acetylenes is 2. The molecule has 0 heterocycles. The molecule has 0 aliphatic heterocycles. The summed E-state index contributed by atoms with van der Waals surface area (Å²) < 4.78 is 9.41. The van der Waals surface area contributed by atoms with Crippen LogP contribution in [-0.2, 0) is 19.1 Å². The highest BCUT2D eigenvalue weighted by atomic mass is 16.6. The molecule has 0 saturated heterocycles. The van der Waals surface area contributed by atoms with Gasteiger partial charge in [-0.05, 0) is 23.8 Å². The smallest absolute Gasteiger partial charge is 0.346 e. The summed E-state index contributed by atoms with van der Waals surface area (Å²) in [4.78, 5) is 23.6. The lowest BCUT2D eigenvalue weighted by atomic mass is 10.1. The van der Waals surface area contributed by atoms with E-state index in [1.165, 1.54) is 30.3 Å². The Labute approximate surface area is 122 Å². The second-order valence-electron chi connectivity index (χ2n) is 3.71. The van der Waals surface area contributed by atoms with E-state index in [4.69, 9.17) is 22.3 Å². The zero-order chi connectivity index (χ0) is 15.7. The van der Waals surface area contributed by atoms with Crippen molar-refractivity contribution >= 4 is 18.0 Å². The number of benzene rings is 1. The van der Waals surface area contributed by atoms with E-state index >= 15 is 0 Å². The third-order valence-corrected chi connectivity index (χ3v) is 2.22. The fraction of sp³-hybridized carbons (Fsp3) is 0.125. The highest BCUT2D eigenvalue weighted by Gasteiger charge is 2.21. The molecule has 0 aliphatic rings. The Bertz CT molecular complexity index is 594. The molecule has 0 saturated carbocycles. The average Bonchev–Trinajstić information content (AvgIpc) is 2.49. The molecule has 1 N–H and O–H groups in total. The van der Waals surface area contributed by atoms with Crippen LogP contribution in [0, 0.1) is 24.7 Å². The van der Waals surface area contributed by atoms with Crippen molar-refractivity contribution in [3.05, 3.63) is 35.4 Å². The molecule has 5 heteroatoms. The van der Waals surface area contributed by atoms with Gasteiger partial charge in [0.1, 0.15) is 11.3 Å². The zero-order valence-electron chi connectivity index (χ0n) is 11.0. The highest BCUT2D eigenvalue weighted by Crippen LogP contribution is 2.14. The molecular formula is C16H12O5. The monoisotopic (exact) mass is 284 g/mol. The van der Waals surface area contributed by atoms with E-state index in [0.29, 0.717) is 5.56 Å². The molecule has 21 heavy (non-hydrogen) atoms. The third kappa shape index (κ3) is 5.14. The van der Waals surface area contributed by atoms with Crippen molar-refractivity contribution in [1.29, 1.82) is 0 Å². The maximum Gasteiger partial charge on any atom is 0.346 e. The van der Waals surface area contributed by atoms with Crippen LogP contribution in [0.5, 0.6) is 5.75 Å². The number of carbonyl (C=O) groups is 2. The Morgan fingerprint density at radius 3 is 1.95 bits per heavy atom. The second kappa shape index (κ2) is 8.08. The van der Waals surface area contributed by atoms with E-state index in [1.807, 2.05) is 0 Å². The number of rotatable bonds is 5. The molecule has 106 valence electrons. The van der Waals surface area contributed by atoms with Crippen molar-refractivity contribution < 1.29 is 24.2 Å². The molecule has 1 aromatic rings. The highest BCUT2D eigenvalue weighted by molar-refractivity contribution is 6.17. The summed E-state index contributed by atoms with van der Waals surface area (Å²) in [7, 11) is 0. The predicted molar refractivity (Wildman–Crippen MR) is 75.7 cm³/mol. The van der Waals surface area contributed by atoms with Crippen molar-refractivity contribution in [2.24, 2.45) is 0 Å². The van der Waals surface area contributed by atoms with E-state index in [0.717, 1.165) is 0 Å². The van der Waals surface area contributed by atoms with Crippen LogP contribution >= 0.6 is 0 Å². The van der Waals surface area contributed by atoms with Gasteiger partial charge in [0.2, 0.25) is 0 Å². The topological polar surface area (TPSA) is 72.8 Å². The number of phenolic OH excluding ortho intramolecular Hbond substituents is 1. The van der Waals surface area contributed by atoms with Crippen LogP contribution in [0.25, 0.3) is 6.08 Å². The minimum atomic E-state index is -0.914. The first-order chi connectivity index (χ1) is 10.1. The van der Waals surface area contributed by atoms with Gasteiger partial charge in [-0.15, -0.1) is 12.8 Å². The zero-order valence-corrected chi connectivity index (χ0v) is 11.0. The molecule has 1 rings (SSSR count). The number of phenols is 1. The van der Waals surface area contributed by atoms with E-state index < -0.39 is 11.9 Å². The van der Waals surface area contributed by atoms with Gasteiger partial charge in [-0.3, -0.25) is 0 Å². The number of hydrogen-bond acceptors (Lipinski definition) is 5. The minimum absolute atomic E-state index is 0.0542. The number of hydrogen-bond donors (Lipinski definition) is 1. The number of aromatic hydroxyl groups is 1. The van der Waals surface area contributed by atoms with Crippen LogP contribution in [-0.4, -0.2) is 30.3 Å². The molecule has 0 aliphatic carbocycles. The number of ether oxygens (including phenoxy) is 2. The second-order valence-corrected chi connectivity index (χ2v) is 3.71. The van der Waals surface area contributed by atoms with Crippen LogP contribution < -0.4 is 0 Å². The first-order valence-corrected chi connectivity index (χ1v) is 5.80. The van der Waals surface area contributed by atoms with Gasteiger partial charge in [0, 0.05) is 0 Å². The van der Waals surface area contributed by atoms with Gasteiger partial charge in [-0.25, -0.2) is 9.59 Å². The summed E-state index contributed by atoms with van der Waals surface area (Å²) in [5, 5.41) is 9.19. The fourth-order valence-corrected chi connectivity index (χ4v) is 1.31. The van der Waals surface area contributed by atoms with E-state index in [-0.39, 0.29) is 24.5 Å². The van der Waals surface area contributed by atoms with Gasteiger partial charge in [-0.1, -0.05) is 24.0 Å². The van der Waals surface area contributed by atoms with Crippen LogP contribution in [0.15, 0.2) is 29.8 Å². The van der Waals surface area contributed by atoms with Crippen LogP contribution in [0.1, 0.15) is 5.56 Å². The lowest BCUT2D eigenvalue weighted by molar-refractivity contribution is -0.145. The molecule has 0 atom stereocenters. The van der Waals surface area contributed by atoms with Crippen LogP contribution in [0.4, 0.5) is 0 Å². The van der Waals surface area contributed by atoms with Crippen molar-refractivity contribution in [2.75, 3.05) is 13.2 Å². The molecule has 0 aromatic heterocycles. The molecule has 1 aromatic carbocycles. The van der Waals surface area contributed by atoms with Gasteiger partial charge in [0.25, 0.3) is 0 Å². The van der Waals surface area contributed by atoms with E-state index in [9.17, 15) is 14.7 Å². The Morgan fingerprint density at radius 2 is 1.52 bits per heavy atom. The summed E-state index contributed by atoms with van der Waals surface area (Å²) >= 11 is 0. The maximum atomic E-state index is 11.8. The first kappa shape index (κ1) is 15.9. The maximum absolute atomic E-state index is 11.8.